The third-order valence-electron chi connectivity index (χ3n) is 3.37. The number of hydrogen-bond donors (Lipinski definition) is 2. The van der Waals surface area contributed by atoms with E-state index in [9.17, 15) is 9.59 Å². The summed E-state index contributed by atoms with van der Waals surface area (Å²) in [5, 5.41) is 11.5. The Labute approximate surface area is 171 Å². The van der Waals surface area contributed by atoms with Crippen LogP contribution >= 0.6 is 11.8 Å². The number of thioether (sulfide) groups is 1. The molecule has 0 aromatic heterocycles. The number of nitrogens with zero attached hydrogens (tertiary/aromatic N) is 1. The number of unbranched alkanes of at least 4 members (excludes halogenated alkanes) is 1. The molecule has 0 aliphatic carbocycles. The van der Waals surface area contributed by atoms with Crippen LogP contribution in [0.4, 0.5) is 0 Å². The van der Waals surface area contributed by atoms with E-state index in [1.165, 1.54) is 11.8 Å². The minimum absolute atomic E-state index is 0.111. The van der Waals surface area contributed by atoms with Crippen molar-refractivity contribution in [2.75, 3.05) is 7.05 Å². The minimum atomic E-state index is -0.936. The van der Waals surface area contributed by atoms with E-state index in [2.05, 4.69) is 10.3 Å². The second-order valence-electron chi connectivity index (χ2n) is 7.22. The number of carboxylic acid groups (broad SMARTS) is 1. The zero-order valence-electron chi connectivity index (χ0n) is 17.2. The Morgan fingerprint density at radius 1 is 1.32 bits per heavy atom. The summed E-state index contributed by atoms with van der Waals surface area (Å²) in [6.07, 6.45) is 5.57. The van der Waals surface area contributed by atoms with Gasteiger partial charge < -0.3 is 15.2 Å². The monoisotopic (exact) mass is 406 g/mol. The van der Waals surface area contributed by atoms with Crippen LogP contribution in [-0.2, 0) is 9.59 Å². The summed E-state index contributed by atoms with van der Waals surface area (Å²) in [5.41, 5.74) is 0.953. The molecule has 1 saturated heterocycles. The SMILES string of the molecule is CCC/C=C1/NC(=O)C(CC(=O)O)S1.CN=Cc1ccc(OC(C)(C)C)cc1. The number of aliphatic imine (C=N–C) groups is 1. The molecule has 1 aliphatic heterocycles. The topological polar surface area (TPSA) is 88.0 Å². The van der Waals surface area contributed by atoms with Crippen molar-refractivity contribution in [3.05, 3.63) is 40.9 Å². The maximum atomic E-state index is 11.2. The number of carboxylic acids is 1. The highest BCUT2D eigenvalue weighted by Crippen LogP contribution is 2.29. The molecule has 1 aromatic rings. The highest BCUT2D eigenvalue weighted by Gasteiger charge is 2.30. The van der Waals surface area contributed by atoms with E-state index in [0.29, 0.717) is 0 Å². The fourth-order valence-electron chi connectivity index (χ4n) is 2.23. The van der Waals surface area contributed by atoms with Crippen molar-refractivity contribution >= 4 is 29.9 Å². The van der Waals surface area contributed by atoms with Gasteiger partial charge in [-0.25, -0.2) is 0 Å². The lowest BCUT2D eigenvalue weighted by molar-refractivity contribution is -0.138. The van der Waals surface area contributed by atoms with Crippen LogP contribution in [0.15, 0.2) is 40.4 Å². The van der Waals surface area contributed by atoms with Crippen LogP contribution < -0.4 is 10.1 Å². The van der Waals surface area contributed by atoms with Gasteiger partial charge in [-0.2, -0.15) is 0 Å². The smallest absolute Gasteiger partial charge is 0.305 e. The van der Waals surface area contributed by atoms with Gasteiger partial charge in [0.15, 0.2) is 0 Å². The predicted octanol–water partition coefficient (Wildman–Crippen LogP) is 4.25. The molecular weight excluding hydrogens is 376 g/mol. The van der Waals surface area contributed by atoms with Crippen molar-refractivity contribution in [1.82, 2.24) is 5.32 Å². The first-order chi connectivity index (χ1) is 13.1. The van der Waals surface area contributed by atoms with Crippen LogP contribution in [0, 0.1) is 0 Å². The van der Waals surface area contributed by atoms with Crippen LogP contribution in [0.3, 0.4) is 0 Å². The second-order valence-corrected chi connectivity index (χ2v) is 8.47. The molecule has 6 nitrogen and oxygen atoms in total. The van der Waals surface area contributed by atoms with Gasteiger partial charge >= 0.3 is 5.97 Å². The van der Waals surface area contributed by atoms with E-state index in [4.69, 9.17) is 9.84 Å². The van der Waals surface area contributed by atoms with E-state index < -0.39 is 11.2 Å². The molecule has 0 saturated carbocycles. The zero-order chi connectivity index (χ0) is 21.2. The van der Waals surface area contributed by atoms with Crippen LogP contribution in [0.25, 0.3) is 0 Å². The van der Waals surface area contributed by atoms with Gasteiger partial charge in [0.2, 0.25) is 5.91 Å². The normalized spacial score (nSPS) is 18.0. The molecule has 1 aromatic carbocycles. The Hall–Kier alpha value is -2.28. The van der Waals surface area contributed by atoms with Crippen molar-refractivity contribution in [1.29, 1.82) is 0 Å². The van der Waals surface area contributed by atoms with E-state index in [0.717, 1.165) is 29.2 Å². The largest absolute Gasteiger partial charge is 0.488 e. The molecular formula is C21H30N2O4S. The molecule has 1 fully saturated rings. The van der Waals surface area contributed by atoms with Gasteiger partial charge in [0.1, 0.15) is 16.6 Å². The summed E-state index contributed by atoms with van der Waals surface area (Å²) in [7, 11) is 1.76. The number of ether oxygens (including phenoxy) is 1. The number of nitrogens with one attached hydrogen (secondary N) is 1. The van der Waals surface area contributed by atoms with E-state index in [1.807, 2.05) is 64.3 Å². The van der Waals surface area contributed by atoms with Gasteiger partial charge in [-0.1, -0.05) is 31.2 Å². The molecule has 1 amide bonds. The van der Waals surface area contributed by atoms with Gasteiger partial charge in [0.25, 0.3) is 0 Å². The third-order valence-corrected chi connectivity index (χ3v) is 4.56. The first kappa shape index (κ1) is 23.8. The average Bonchev–Trinajstić information content (AvgIpc) is 2.93. The lowest BCUT2D eigenvalue weighted by Crippen LogP contribution is -2.24. The number of allylic oxidation sites excluding steroid dienone is 1. The molecule has 1 aliphatic rings. The second kappa shape index (κ2) is 11.5. The summed E-state index contributed by atoms with van der Waals surface area (Å²) in [5.74, 6) is -0.236. The maximum Gasteiger partial charge on any atom is 0.305 e. The molecule has 0 radical (unpaired) electrons. The zero-order valence-corrected chi connectivity index (χ0v) is 18.0. The maximum absolute atomic E-state index is 11.2. The Morgan fingerprint density at radius 2 is 1.96 bits per heavy atom. The van der Waals surface area contributed by atoms with E-state index in [1.54, 1.807) is 7.05 Å². The summed E-state index contributed by atoms with van der Waals surface area (Å²) >= 11 is 1.31. The fraction of sp³-hybridized carbons (Fsp3) is 0.476. The molecule has 2 N–H and O–H groups in total. The van der Waals surface area contributed by atoms with Crippen molar-refractivity contribution in [2.24, 2.45) is 4.99 Å². The van der Waals surface area contributed by atoms with E-state index in [-0.39, 0.29) is 17.9 Å². The van der Waals surface area contributed by atoms with E-state index >= 15 is 0 Å². The van der Waals surface area contributed by atoms with Crippen molar-refractivity contribution < 1.29 is 19.4 Å². The number of amides is 1. The number of carbonyl (C=O) groups excluding carboxylic acids is 1. The van der Waals surface area contributed by atoms with Gasteiger partial charge in [-0.3, -0.25) is 14.6 Å². The minimum Gasteiger partial charge on any atom is -0.488 e. The predicted molar refractivity (Wildman–Crippen MR) is 115 cm³/mol. The fourth-order valence-corrected chi connectivity index (χ4v) is 3.30. The Balaban J connectivity index is 0.000000280. The van der Waals surface area contributed by atoms with Crippen molar-refractivity contribution in [3.8, 4) is 5.75 Å². The molecule has 1 atom stereocenters. The Kier molecular flexibility index (Phi) is 9.79. The van der Waals surface area contributed by atoms with Gasteiger partial charge in [0.05, 0.1) is 11.4 Å². The lowest BCUT2D eigenvalue weighted by atomic mass is 10.2. The standard InChI is InChI=1S/C12H17NO.C9H13NO3S/c1-12(2,3)14-11-7-5-10(6-8-11)9-13-4;1-2-3-4-7-10-9(13)6(14-7)5-8(11)12/h5-9H,1-4H3;4,6H,2-3,5H2,1H3,(H,10,13)(H,11,12)/b;7-4-. The van der Waals surface area contributed by atoms with Crippen LogP contribution in [0.2, 0.25) is 0 Å². The lowest BCUT2D eigenvalue weighted by Gasteiger charge is -2.21. The molecule has 2 rings (SSSR count). The van der Waals surface area contributed by atoms with Crippen LogP contribution in [-0.4, -0.2) is 41.1 Å². The number of rotatable bonds is 6. The number of hydrogen-bond acceptors (Lipinski definition) is 5. The summed E-state index contributed by atoms with van der Waals surface area (Å²) in [6, 6.07) is 7.91. The van der Waals surface area contributed by atoms with Crippen LogP contribution in [0.1, 0.15) is 52.5 Å². The van der Waals surface area contributed by atoms with Gasteiger partial charge in [-0.05, 0) is 57.0 Å². The van der Waals surface area contributed by atoms with Gasteiger partial charge in [-0.15, -0.1) is 0 Å². The molecule has 0 spiro atoms. The average molecular weight is 407 g/mol. The van der Waals surface area contributed by atoms with Crippen molar-refractivity contribution in [2.45, 2.75) is 57.8 Å². The molecule has 1 heterocycles. The summed E-state index contributed by atoms with van der Waals surface area (Å²) in [6.45, 7) is 8.16. The molecule has 0 bridgehead atoms. The molecule has 1 unspecified atom stereocenters. The number of carbonyl (C=O) groups is 2. The first-order valence-corrected chi connectivity index (χ1v) is 10.1. The first-order valence-electron chi connectivity index (χ1n) is 9.25. The quantitative estimate of drug-likeness (QED) is 0.690. The number of benzene rings is 1. The van der Waals surface area contributed by atoms with Gasteiger partial charge in [0, 0.05) is 13.3 Å². The highest BCUT2D eigenvalue weighted by atomic mass is 32.2. The number of aliphatic carboxylic acids is 1. The molecule has 7 heteroatoms. The highest BCUT2D eigenvalue weighted by molar-refractivity contribution is 8.04. The third kappa shape index (κ3) is 9.60. The summed E-state index contributed by atoms with van der Waals surface area (Å²) in [4.78, 5) is 25.6. The van der Waals surface area contributed by atoms with Crippen LogP contribution in [0.5, 0.6) is 5.75 Å². The molecule has 28 heavy (non-hydrogen) atoms. The Bertz CT molecular complexity index is 706. The van der Waals surface area contributed by atoms with Crippen molar-refractivity contribution in [3.63, 3.8) is 0 Å². The summed E-state index contributed by atoms with van der Waals surface area (Å²) < 4.78 is 5.69. The molecule has 154 valence electrons. The Morgan fingerprint density at radius 3 is 2.46 bits per heavy atom.